The van der Waals surface area contributed by atoms with Crippen LogP contribution in [0.15, 0.2) is 150 Å². The molecule has 0 spiro atoms. The molecule has 20 nitrogen and oxygen atoms in total. The summed E-state index contributed by atoms with van der Waals surface area (Å²) in [4.78, 5) is 76.3. The maximum Gasteiger partial charge on any atom is 0.514 e. The van der Waals surface area contributed by atoms with Crippen LogP contribution >= 0.6 is 34.0 Å². The van der Waals surface area contributed by atoms with Crippen molar-refractivity contribution in [3.8, 4) is 23.0 Å². The Kier molecular flexibility index (Phi) is 27.4. The lowest BCUT2D eigenvalue weighted by molar-refractivity contribution is -0.384. The van der Waals surface area contributed by atoms with E-state index in [1.807, 2.05) is 61.7 Å². The van der Waals surface area contributed by atoms with Crippen LogP contribution in [-0.2, 0) is 25.7 Å². The highest BCUT2D eigenvalue weighted by atomic mass is 32.1. The number of nitrogens with two attached hydrogens (primary N) is 1. The van der Waals surface area contributed by atoms with Crippen molar-refractivity contribution in [3.63, 3.8) is 0 Å². The number of hydrogen-bond donors (Lipinski definition) is 6. The highest BCUT2D eigenvalue weighted by molar-refractivity contribution is 7.10. The van der Waals surface area contributed by atoms with Crippen LogP contribution in [0, 0.1) is 10.1 Å². The fourth-order valence-corrected chi connectivity index (χ4v) is 14.7. The number of aliphatic hydroxyl groups excluding tert-OH is 1. The van der Waals surface area contributed by atoms with Crippen LogP contribution in [0.4, 0.5) is 15.3 Å². The Morgan fingerprint density at radius 1 is 0.522 bits per heavy atom. The standard InChI is InChI=1S/C26H26N2O7S.C22H28N2O4S.C19H23NO3S.C2H7N/c1-33-22-6-3-2-5-21(22)24(29)27-17-26(23-7-4-16-36-23)14-12-20(13-15-26)35-25(30)34-19-10-8-18(9-11-19)28(31)32;1-3-23-21(26)28-16-10-12-22(13-11-16,19-9-6-14-29-19)15-24-20(25)17-7-4-5-8-18(17)27-2;1-23-16-6-3-2-5-15(16)18(22)20-13-19(17-7-4-12-24-17)10-8-14(21)9-11-19;1-2-3/h2-11,16,20H,12-15,17H2,1H3,(H,27,29);4-9,14,16H,3,10-13,15H2,1-2H3,(H,23,26)(H,24,25);2-7,12,14,21H,8-11,13H2,1H3,(H,20,22);2-3H2,1H3. The van der Waals surface area contributed by atoms with Gasteiger partial charge in [-0.15, -0.1) is 34.0 Å². The summed E-state index contributed by atoms with van der Waals surface area (Å²) in [5, 5.41) is 38.8. The predicted octanol–water partition coefficient (Wildman–Crippen LogP) is 12.9. The minimum absolute atomic E-state index is 0.0783. The Morgan fingerprint density at radius 3 is 1.20 bits per heavy atom. The Bertz CT molecular complexity index is 3420. The molecule has 92 heavy (non-hydrogen) atoms. The molecule has 3 fully saturated rings. The SMILES string of the molecule is CCN.CCNC(=O)OC1CCC(CNC(=O)c2ccccc2OC)(c2cccs2)CC1.COc1ccccc1C(=O)NCC1(c2cccs2)CCC(O)CC1.COc1ccccc1C(=O)NCC1(c2cccs2)CCC(OC(=O)Oc2ccc([N+](=O)[O-])cc2)CC1. The lowest BCUT2D eigenvalue weighted by Crippen LogP contribution is -2.44. The van der Waals surface area contributed by atoms with Gasteiger partial charge in [-0.25, -0.2) is 9.59 Å². The van der Waals surface area contributed by atoms with Crippen LogP contribution in [0.3, 0.4) is 0 Å². The van der Waals surface area contributed by atoms with E-state index in [2.05, 4.69) is 56.3 Å². The number of nitrogens with zero attached hydrogens (tertiary/aromatic N) is 1. The van der Waals surface area contributed by atoms with E-state index in [0.717, 1.165) is 70.8 Å². The summed E-state index contributed by atoms with van der Waals surface area (Å²) in [6.45, 7) is 6.65. The number of nitrogens with one attached hydrogen (secondary N) is 4. The zero-order valence-corrected chi connectivity index (χ0v) is 55.1. The number of amides is 4. The Hall–Kier alpha value is -8.35. The normalized spacial score (nSPS) is 20.6. The summed E-state index contributed by atoms with van der Waals surface area (Å²) in [6, 6.07) is 39.2. The third-order valence-corrected chi connectivity index (χ3v) is 20.1. The molecule has 10 rings (SSSR count). The first-order valence-electron chi connectivity index (χ1n) is 30.8. The number of benzene rings is 4. The number of ether oxygens (including phenoxy) is 6. The lowest BCUT2D eigenvalue weighted by Gasteiger charge is -2.39. The second-order valence-electron chi connectivity index (χ2n) is 22.6. The summed E-state index contributed by atoms with van der Waals surface area (Å²) >= 11 is 5.08. The fourth-order valence-electron chi connectivity index (χ4n) is 11.7. The van der Waals surface area contributed by atoms with Crippen molar-refractivity contribution in [2.24, 2.45) is 5.73 Å². The van der Waals surface area contributed by atoms with Crippen molar-refractivity contribution in [3.05, 3.63) is 191 Å². The molecule has 3 heterocycles. The van der Waals surface area contributed by atoms with E-state index in [4.69, 9.17) is 34.2 Å². The number of non-ortho nitro benzene ring substituents is 1. The van der Waals surface area contributed by atoms with E-state index in [0.29, 0.717) is 73.0 Å². The van der Waals surface area contributed by atoms with Crippen LogP contribution in [0.25, 0.3) is 0 Å². The highest BCUT2D eigenvalue weighted by Crippen LogP contribution is 2.45. The molecule has 23 heteroatoms. The lowest BCUT2D eigenvalue weighted by atomic mass is 9.72. The van der Waals surface area contributed by atoms with Crippen molar-refractivity contribution in [2.45, 2.75) is 125 Å². The Morgan fingerprint density at radius 2 is 0.870 bits per heavy atom. The second-order valence-corrected chi connectivity index (χ2v) is 25.5. The first kappa shape index (κ1) is 71.1. The zero-order chi connectivity index (χ0) is 65.9. The number of aliphatic hydroxyl groups is 1. The van der Waals surface area contributed by atoms with Crippen molar-refractivity contribution >= 4 is 69.7 Å². The van der Waals surface area contributed by atoms with Gasteiger partial charge in [0.1, 0.15) is 35.2 Å². The molecule has 4 aromatic carbocycles. The smallest absolute Gasteiger partial charge is 0.496 e. The van der Waals surface area contributed by atoms with Gasteiger partial charge in [0.05, 0.1) is 49.0 Å². The molecule has 3 saturated carbocycles. The number of carbonyl (C=O) groups excluding carboxylic acids is 5. The number of alkyl carbamates (subject to hydrolysis) is 1. The molecule has 3 aliphatic carbocycles. The molecule has 3 aromatic heterocycles. The van der Waals surface area contributed by atoms with E-state index >= 15 is 0 Å². The maximum absolute atomic E-state index is 12.9. The Labute approximate surface area is 549 Å². The Balaban J connectivity index is 0.000000195. The molecule has 0 aliphatic heterocycles. The molecule has 0 saturated heterocycles. The molecule has 0 atom stereocenters. The number of nitro groups is 1. The van der Waals surface area contributed by atoms with Gasteiger partial charge in [-0.05, 0) is 173 Å². The van der Waals surface area contributed by atoms with Gasteiger partial charge < -0.3 is 60.5 Å². The molecule has 492 valence electrons. The first-order chi connectivity index (χ1) is 44.5. The second kappa shape index (κ2) is 35.5. The van der Waals surface area contributed by atoms with E-state index < -0.39 is 11.1 Å². The molecule has 0 unspecified atom stereocenters. The van der Waals surface area contributed by atoms with Crippen molar-refractivity contribution in [2.75, 3.05) is 54.1 Å². The molecular formula is C69H84N6O14S3. The monoisotopic (exact) mass is 1320 g/mol. The average Bonchev–Trinajstić information content (AvgIpc) is 1.66. The van der Waals surface area contributed by atoms with Gasteiger partial charge in [0.25, 0.3) is 23.4 Å². The number of para-hydroxylation sites is 3. The number of nitro benzene ring substituents is 1. The van der Waals surface area contributed by atoms with Gasteiger partial charge in [-0.2, -0.15) is 0 Å². The molecule has 4 amide bonds. The van der Waals surface area contributed by atoms with Crippen LogP contribution < -0.4 is 45.9 Å². The van der Waals surface area contributed by atoms with E-state index in [1.54, 1.807) is 90.7 Å². The molecule has 0 radical (unpaired) electrons. The van der Waals surface area contributed by atoms with E-state index in [1.165, 1.54) is 46.0 Å². The first-order valence-corrected chi connectivity index (χ1v) is 33.5. The summed E-state index contributed by atoms with van der Waals surface area (Å²) in [7, 11) is 4.67. The van der Waals surface area contributed by atoms with E-state index in [9.17, 15) is 39.2 Å². The van der Waals surface area contributed by atoms with Crippen LogP contribution in [-0.4, -0.2) is 112 Å². The molecule has 7 aromatic rings. The topological polar surface area (TPSA) is 278 Å². The average molecular weight is 1320 g/mol. The molecule has 7 N–H and O–H groups in total. The van der Waals surface area contributed by atoms with Crippen molar-refractivity contribution in [1.29, 1.82) is 0 Å². The summed E-state index contributed by atoms with van der Waals surface area (Å²) in [5.41, 5.74) is 5.83. The molecule has 0 bridgehead atoms. The largest absolute Gasteiger partial charge is 0.514 e. The molecule has 3 aliphatic rings. The van der Waals surface area contributed by atoms with E-state index in [-0.39, 0.29) is 69.8 Å². The van der Waals surface area contributed by atoms with Crippen LogP contribution in [0.1, 0.15) is 137 Å². The van der Waals surface area contributed by atoms with Gasteiger partial charge in [-0.1, -0.05) is 61.5 Å². The number of methoxy groups -OCH3 is 3. The minimum atomic E-state index is -0.845. The van der Waals surface area contributed by atoms with Gasteiger partial charge in [-0.3, -0.25) is 24.5 Å². The van der Waals surface area contributed by atoms with Crippen LogP contribution in [0.5, 0.6) is 23.0 Å². The third kappa shape index (κ3) is 19.6. The number of thiophene rings is 3. The summed E-state index contributed by atoms with van der Waals surface area (Å²) in [6.07, 6.45) is 7.42. The number of carbonyl (C=O) groups is 5. The predicted molar refractivity (Wildman–Crippen MR) is 358 cm³/mol. The fraction of sp³-hybridized carbons (Fsp3) is 0.406. The molecular weight excluding hydrogens is 1230 g/mol. The van der Waals surface area contributed by atoms with Crippen molar-refractivity contribution in [1.82, 2.24) is 21.3 Å². The van der Waals surface area contributed by atoms with Crippen LogP contribution in [0.2, 0.25) is 0 Å². The van der Waals surface area contributed by atoms with Crippen molar-refractivity contribution < 1.29 is 62.4 Å². The zero-order valence-electron chi connectivity index (χ0n) is 52.7. The summed E-state index contributed by atoms with van der Waals surface area (Å²) in [5.74, 6) is 1.38. The maximum atomic E-state index is 12.9. The summed E-state index contributed by atoms with van der Waals surface area (Å²) < 4.78 is 32.1. The van der Waals surface area contributed by atoms with Gasteiger partial charge >= 0.3 is 12.2 Å². The van der Waals surface area contributed by atoms with Gasteiger partial charge in [0.15, 0.2) is 0 Å². The minimum Gasteiger partial charge on any atom is -0.496 e. The third-order valence-electron chi connectivity index (χ3n) is 16.7. The quantitative estimate of drug-likeness (QED) is 0.0179. The number of hydrogen-bond acceptors (Lipinski definition) is 18. The number of rotatable bonds is 20. The van der Waals surface area contributed by atoms with Gasteiger partial charge in [0, 0.05) is 69.2 Å². The highest BCUT2D eigenvalue weighted by Gasteiger charge is 2.42. The van der Waals surface area contributed by atoms with Gasteiger partial charge in [0.2, 0.25) is 0 Å².